The van der Waals surface area contributed by atoms with Crippen LogP contribution in [0.4, 0.5) is 4.79 Å². The summed E-state index contributed by atoms with van der Waals surface area (Å²) in [5.41, 5.74) is 0. The summed E-state index contributed by atoms with van der Waals surface area (Å²) < 4.78 is 4.72. The molecule has 0 fully saturated rings. The van der Waals surface area contributed by atoms with Gasteiger partial charge in [-0.25, -0.2) is 9.59 Å². The van der Waals surface area contributed by atoms with Gasteiger partial charge < -0.3 is 20.5 Å². The van der Waals surface area contributed by atoms with Crippen LogP contribution in [0.5, 0.6) is 0 Å². The molecule has 0 unspecified atom stereocenters. The molecule has 0 bridgehead atoms. The highest BCUT2D eigenvalue weighted by Gasteiger charge is 2.16. The predicted octanol–water partition coefficient (Wildman–Crippen LogP) is 0.492. The quantitative estimate of drug-likeness (QED) is 0.435. The third kappa shape index (κ3) is 7.48. The first-order chi connectivity index (χ1) is 8.51. The summed E-state index contributed by atoms with van der Waals surface area (Å²) in [6.45, 7) is 4.02. The molecule has 0 aromatic heterocycles. The number of rotatable bonds is 8. The standard InChI is InChI=1S/C11H20N2O5/c1-3-8(10(15)16)13-11(17)12-7-5-6-9(14)18-4-2/h8H,3-7H2,1-2H3,(H,15,16)(H2,12,13,17)/t8-/m1/s1. The van der Waals surface area contributed by atoms with Crippen LogP contribution < -0.4 is 10.6 Å². The number of hydrogen-bond acceptors (Lipinski definition) is 4. The summed E-state index contributed by atoms with van der Waals surface area (Å²) >= 11 is 0. The molecule has 0 rings (SSSR count). The Morgan fingerprint density at radius 3 is 2.44 bits per heavy atom. The maximum Gasteiger partial charge on any atom is 0.326 e. The Hall–Kier alpha value is -1.79. The molecule has 0 aromatic rings. The largest absolute Gasteiger partial charge is 0.480 e. The summed E-state index contributed by atoms with van der Waals surface area (Å²) in [5.74, 6) is -1.38. The number of carbonyl (C=O) groups excluding carboxylic acids is 2. The van der Waals surface area contributed by atoms with Gasteiger partial charge in [0.25, 0.3) is 0 Å². The van der Waals surface area contributed by atoms with Crippen molar-refractivity contribution < 1.29 is 24.2 Å². The number of carboxylic acids is 1. The van der Waals surface area contributed by atoms with Gasteiger partial charge >= 0.3 is 18.0 Å². The second-order valence-corrected chi connectivity index (χ2v) is 3.61. The van der Waals surface area contributed by atoms with Crippen LogP contribution in [0.1, 0.15) is 33.1 Å². The fraction of sp³-hybridized carbons (Fsp3) is 0.727. The van der Waals surface area contributed by atoms with E-state index in [0.717, 1.165) is 0 Å². The van der Waals surface area contributed by atoms with Crippen molar-refractivity contribution in [3.05, 3.63) is 0 Å². The van der Waals surface area contributed by atoms with Gasteiger partial charge in [-0.2, -0.15) is 0 Å². The lowest BCUT2D eigenvalue weighted by molar-refractivity contribution is -0.143. The molecule has 0 spiro atoms. The zero-order valence-corrected chi connectivity index (χ0v) is 10.7. The summed E-state index contributed by atoms with van der Waals surface area (Å²) in [5, 5.41) is 13.5. The number of esters is 1. The van der Waals surface area contributed by atoms with Gasteiger partial charge in [-0.1, -0.05) is 6.92 Å². The predicted molar refractivity (Wildman–Crippen MR) is 64.1 cm³/mol. The highest BCUT2D eigenvalue weighted by atomic mass is 16.5. The molecule has 3 N–H and O–H groups in total. The molecule has 0 saturated carbocycles. The molecule has 0 aromatic carbocycles. The topological polar surface area (TPSA) is 105 Å². The molecule has 7 heteroatoms. The summed E-state index contributed by atoms with van der Waals surface area (Å²) in [6, 6.07) is -1.44. The lowest BCUT2D eigenvalue weighted by atomic mass is 10.2. The first-order valence-electron chi connectivity index (χ1n) is 5.94. The van der Waals surface area contributed by atoms with Gasteiger partial charge in [0.2, 0.25) is 0 Å². The second kappa shape index (κ2) is 9.26. The van der Waals surface area contributed by atoms with Gasteiger partial charge in [0.1, 0.15) is 6.04 Å². The van der Waals surface area contributed by atoms with E-state index in [0.29, 0.717) is 26.0 Å². The molecule has 104 valence electrons. The van der Waals surface area contributed by atoms with Crippen LogP contribution >= 0.6 is 0 Å². The number of carbonyl (C=O) groups is 3. The van der Waals surface area contributed by atoms with E-state index in [4.69, 9.17) is 9.84 Å². The van der Waals surface area contributed by atoms with Gasteiger partial charge in [-0.15, -0.1) is 0 Å². The highest BCUT2D eigenvalue weighted by molar-refractivity contribution is 5.82. The monoisotopic (exact) mass is 260 g/mol. The summed E-state index contributed by atoms with van der Waals surface area (Å²) in [4.78, 5) is 32.9. The average molecular weight is 260 g/mol. The van der Waals surface area contributed by atoms with E-state index >= 15 is 0 Å². The Bertz CT molecular complexity index is 293. The van der Waals surface area contributed by atoms with Crippen LogP contribution in [0.25, 0.3) is 0 Å². The smallest absolute Gasteiger partial charge is 0.326 e. The van der Waals surface area contributed by atoms with E-state index in [1.807, 2.05) is 0 Å². The average Bonchev–Trinajstić information content (AvgIpc) is 2.31. The fourth-order valence-electron chi connectivity index (χ4n) is 1.22. The molecule has 1 atom stereocenters. The van der Waals surface area contributed by atoms with Crippen molar-refractivity contribution in [2.24, 2.45) is 0 Å². The van der Waals surface area contributed by atoms with E-state index in [-0.39, 0.29) is 12.4 Å². The molecule has 0 aliphatic heterocycles. The van der Waals surface area contributed by atoms with Crippen molar-refractivity contribution in [3.63, 3.8) is 0 Å². The van der Waals surface area contributed by atoms with Crippen LogP contribution in [0.15, 0.2) is 0 Å². The maximum atomic E-state index is 11.3. The molecule has 0 heterocycles. The zero-order chi connectivity index (χ0) is 14.0. The van der Waals surface area contributed by atoms with E-state index < -0.39 is 18.0 Å². The van der Waals surface area contributed by atoms with Crippen LogP contribution in [-0.2, 0) is 14.3 Å². The van der Waals surface area contributed by atoms with Crippen molar-refractivity contribution in [3.8, 4) is 0 Å². The normalized spacial score (nSPS) is 11.4. The van der Waals surface area contributed by atoms with Crippen molar-refractivity contribution in [1.82, 2.24) is 10.6 Å². The van der Waals surface area contributed by atoms with E-state index in [1.165, 1.54) is 0 Å². The fourth-order valence-corrected chi connectivity index (χ4v) is 1.22. The van der Waals surface area contributed by atoms with E-state index in [1.54, 1.807) is 13.8 Å². The number of amides is 2. The molecular weight excluding hydrogens is 240 g/mol. The van der Waals surface area contributed by atoms with Gasteiger partial charge in [0, 0.05) is 13.0 Å². The van der Waals surface area contributed by atoms with Crippen LogP contribution in [0.3, 0.4) is 0 Å². The van der Waals surface area contributed by atoms with Crippen molar-refractivity contribution in [1.29, 1.82) is 0 Å². The maximum absolute atomic E-state index is 11.3. The Morgan fingerprint density at radius 2 is 1.94 bits per heavy atom. The molecule has 0 aliphatic carbocycles. The van der Waals surface area contributed by atoms with Crippen LogP contribution in [-0.4, -0.2) is 42.3 Å². The molecule has 0 radical (unpaired) electrons. The SMILES string of the molecule is CCOC(=O)CCCNC(=O)N[C@H](CC)C(=O)O. The lowest BCUT2D eigenvalue weighted by Gasteiger charge is -2.12. The number of ether oxygens (including phenoxy) is 1. The van der Waals surface area contributed by atoms with Gasteiger partial charge in [-0.3, -0.25) is 4.79 Å². The Balaban J connectivity index is 3.71. The second-order valence-electron chi connectivity index (χ2n) is 3.61. The molecule has 0 saturated heterocycles. The van der Waals surface area contributed by atoms with Crippen molar-refractivity contribution in [2.45, 2.75) is 39.2 Å². The number of urea groups is 1. The minimum Gasteiger partial charge on any atom is -0.480 e. The first kappa shape index (κ1) is 16.2. The molecule has 18 heavy (non-hydrogen) atoms. The summed E-state index contributed by atoms with van der Waals surface area (Å²) in [7, 11) is 0. The van der Waals surface area contributed by atoms with Gasteiger partial charge in [0.15, 0.2) is 0 Å². The van der Waals surface area contributed by atoms with Crippen molar-refractivity contribution in [2.75, 3.05) is 13.2 Å². The van der Waals surface area contributed by atoms with E-state index in [2.05, 4.69) is 10.6 Å². The van der Waals surface area contributed by atoms with Crippen LogP contribution in [0.2, 0.25) is 0 Å². The van der Waals surface area contributed by atoms with Crippen molar-refractivity contribution >= 4 is 18.0 Å². The summed E-state index contributed by atoms with van der Waals surface area (Å²) in [6.07, 6.45) is 0.992. The van der Waals surface area contributed by atoms with Gasteiger partial charge in [-0.05, 0) is 19.8 Å². The minimum absolute atomic E-state index is 0.226. The van der Waals surface area contributed by atoms with Gasteiger partial charge in [0.05, 0.1) is 6.61 Å². The molecule has 7 nitrogen and oxygen atoms in total. The zero-order valence-electron chi connectivity index (χ0n) is 10.7. The molecular formula is C11H20N2O5. The van der Waals surface area contributed by atoms with Crippen LogP contribution in [0, 0.1) is 0 Å². The van der Waals surface area contributed by atoms with E-state index in [9.17, 15) is 14.4 Å². The first-order valence-corrected chi connectivity index (χ1v) is 5.94. The third-order valence-electron chi connectivity index (χ3n) is 2.16. The Morgan fingerprint density at radius 1 is 1.28 bits per heavy atom. The number of hydrogen-bond donors (Lipinski definition) is 3. The Labute approximate surface area is 106 Å². The number of aliphatic carboxylic acids is 1. The molecule has 0 aliphatic rings. The highest BCUT2D eigenvalue weighted by Crippen LogP contribution is 1.93. The number of nitrogens with one attached hydrogen (secondary N) is 2. The number of carboxylic acid groups (broad SMARTS) is 1. The lowest BCUT2D eigenvalue weighted by Crippen LogP contribution is -2.45. The minimum atomic E-state index is -1.07. The molecule has 2 amide bonds. The third-order valence-corrected chi connectivity index (χ3v) is 2.16. The Kier molecular flexibility index (Phi) is 8.34.